The van der Waals surface area contributed by atoms with Crippen LogP contribution in [0.4, 0.5) is 5.69 Å². The highest BCUT2D eigenvalue weighted by molar-refractivity contribution is 5.95. The maximum Gasteiger partial charge on any atom is 0.123 e. The Labute approximate surface area is 135 Å². The van der Waals surface area contributed by atoms with Crippen LogP contribution in [-0.2, 0) is 4.79 Å². The van der Waals surface area contributed by atoms with Crippen LogP contribution in [0.1, 0.15) is 18.9 Å². The lowest BCUT2D eigenvalue weighted by Gasteiger charge is -2.37. The Balaban J connectivity index is 2.08. The number of fused-ring (bicyclic) bond motifs is 1. The van der Waals surface area contributed by atoms with Gasteiger partial charge in [0, 0.05) is 36.7 Å². The van der Waals surface area contributed by atoms with Gasteiger partial charge in [-0.15, -0.1) is 0 Å². The van der Waals surface area contributed by atoms with E-state index in [4.69, 9.17) is 4.74 Å². The minimum atomic E-state index is 0.102. The first kappa shape index (κ1) is 15.3. The number of anilines is 1. The largest absolute Gasteiger partial charge is 0.497 e. The molecule has 0 spiro atoms. The average molecular weight is 309 g/mol. The molecule has 23 heavy (non-hydrogen) atoms. The van der Waals surface area contributed by atoms with Gasteiger partial charge >= 0.3 is 0 Å². The quantitative estimate of drug-likeness (QED) is 0.816. The zero-order valence-electron chi connectivity index (χ0n) is 13.3. The van der Waals surface area contributed by atoms with Crippen LogP contribution in [0.2, 0.25) is 0 Å². The lowest BCUT2D eigenvalue weighted by atomic mass is 9.87. The van der Waals surface area contributed by atoms with Crippen molar-refractivity contribution in [3.05, 3.63) is 30.0 Å². The minimum absolute atomic E-state index is 0.102. The number of rotatable bonds is 3. The average Bonchev–Trinajstić information content (AvgIpc) is 2.60. The Morgan fingerprint density at radius 2 is 2.30 bits per heavy atom. The number of carbonyl (C=O) groups excluding carboxylic acids is 1. The Bertz CT molecular complexity index is 782. The van der Waals surface area contributed by atoms with E-state index in [1.807, 2.05) is 18.2 Å². The predicted octanol–water partition coefficient (Wildman–Crippen LogP) is 2.78. The molecule has 1 saturated heterocycles. The molecule has 0 amide bonds. The van der Waals surface area contributed by atoms with Gasteiger partial charge in [-0.3, -0.25) is 4.98 Å². The summed E-state index contributed by atoms with van der Waals surface area (Å²) in [5.41, 5.74) is 2.29. The van der Waals surface area contributed by atoms with Gasteiger partial charge in [-0.2, -0.15) is 5.26 Å². The number of hydrogen-bond donors (Lipinski definition) is 0. The number of methoxy groups -OCH3 is 1. The van der Waals surface area contributed by atoms with E-state index in [1.54, 1.807) is 13.3 Å². The van der Waals surface area contributed by atoms with Gasteiger partial charge in [0.05, 0.1) is 23.9 Å². The summed E-state index contributed by atoms with van der Waals surface area (Å²) in [6, 6.07) is 7.96. The lowest BCUT2D eigenvalue weighted by Crippen LogP contribution is -2.40. The molecule has 1 unspecified atom stereocenters. The Morgan fingerprint density at radius 3 is 2.96 bits per heavy atom. The van der Waals surface area contributed by atoms with Crippen molar-refractivity contribution in [2.45, 2.75) is 13.3 Å². The summed E-state index contributed by atoms with van der Waals surface area (Å²) < 4.78 is 5.25. The van der Waals surface area contributed by atoms with Crippen molar-refractivity contribution in [3.63, 3.8) is 0 Å². The number of ether oxygens (including phenoxy) is 1. The molecule has 2 atom stereocenters. The lowest BCUT2D eigenvalue weighted by molar-refractivity contribution is -0.112. The summed E-state index contributed by atoms with van der Waals surface area (Å²) in [5, 5.41) is 10.4. The zero-order valence-corrected chi connectivity index (χ0v) is 13.3. The van der Waals surface area contributed by atoms with Gasteiger partial charge in [0.15, 0.2) is 0 Å². The van der Waals surface area contributed by atoms with Crippen molar-refractivity contribution in [1.29, 1.82) is 5.26 Å². The first-order valence-corrected chi connectivity index (χ1v) is 7.75. The highest BCUT2D eigenvalue weighted by Gasteiger charge is 2.28. The molecule has 0 bridgehead atoms. The number of aldehydes is 1. The van der Waals surface area contributed by atoms with Crippen molar-refractivity contribution in [2.75, 3.05) is 25.1 Å². The highest BCUT2D eigenvalue weighted by Crippen LogP contribution is 2.34. The number of aromatic nitrogens is 1. The minimum Gasteiger partial charge on any atom is -0.497 e. The van der Waals surface area contributed by atoms with E-state index in [0.717, 1.165) is 48.1 Å². The van der Waals surface area contributed by atoms with Crippen LogP contribution in [0.15, 0.2) is 24.4 Å². The molecule has 1 fully saturated rings. The molecule has 1 aliphatic rings. The van der Waals surface area contributed by atoms with Crippen LogP contribution < -0.4 is 9.64 Å². The topological polar surface area (TPSA) is 66.2 Å². The SMILES string of the molecule is COc1ccc2c(N3CC[C@H](C=O)C(C)C3)c(C#N)cnc2c1. The standard InChI is InChI=1S/C18H19N3O2/c1-12-10-21(6-5-13(12)11-22)18-14(8-19)9-20-17-7-15(23-2)3-4-16(17)18/h3-4,7,9,11-13H,5-6,10H2,1-2H3/t12?,13-/m1/s1. The van der Waals surface area contributed by atoms with Gasteiger partial charge in [0.1, 0.15) is 18.1 Å². The Hall–Kier alpha value is -2.61. The molecular formula is C18H19N3O2. The molecule has 1 aliphatic heterocycles. The highest BCUT2D eigenvalue weighted by atomic mass is 16.5. The monoisotopic (exact) mass is 309 g/mol. The van der Waals surface area contributed by atoms with Gasteiger partial charge in [0.2, 0.25) is 0 Å². The predicted molar refractivity (Wildman–Crippen MR) is 88.6 cm³/mol. The third-order valence-corrected chi connectivity index (χ3v) is 4.63. The first-order valence-electron chi connectivity index (χ1n) is 7.75. The normalized spacial score (nSPS) is 21.0. The Kier molecular flexibility index (Phi) is 4.16. The van der Waals surface area contributed by atoms with Crippen LogP contribution in [-0.4, -0.2) is 31.5 Å². The molecule has 0 aliphatic carbocycles. The molecular weight excluding hydrogens is 290 g/mol. The second-order valence-corrected chi connectivity index (χ2v) is 6.03. The number of nitrogens with zero attached hydrogens (tertiary/aromatic N) is 3. The van der Waals surface area contributed by atoms with E-state index < -0.39 is 0 Å². The molecule has 3 rings (SSSR count). The third kappa shape index (κ3) is 2.72. The van der Waals surface area contributed by atoms with E-state index in [1.165, 1.54) is 0 Å². The van der Waals surface area contributed by atoms with Gasteiger partial charge in [-0.25, -0.2) is 0 Å². The summed E-state index contributed by atoms with van der Waals surface area (Å²) in [6.07, 6.45) is 3.49. The van der Waals surface area contributed by atoms with Crippen molar-refractivity contribution < 1.29 is 9.53 Å². The number of hydrogen-bond acceptors (Lipinski definition) is 5. The van der Waals surface area contributed by atoms with Gasteiger partial charge in [-0.1, -0.05) is 6.92 Å². The van der Waals surface area contributed by atoms with E-state index in [0.29, 0.717) is 5.56 Å². The number of piperidine rings is 1. The van der Waals surface area contributed by atoms with E-state index >= 15 is 0 Å². The van der Waals surface area contributed by atoms with Crippen molar-refractivity contribution in [3.8, 4) is 11.8 Å². The van der Waals surface area contributed by atoms with Crippen LogP contribution in [0.5, 0.6) is 5.75 Å². The molecule has 0 saturated carbocycles. The number of carbonyl (C=O) groups is 1. The van der Waals surface area contributed by atoms with E-state index in [2.05, 4.69) is 22.9 Å². The fourth-order valence-electron chi connectivity index (χ4n) is 3.28. The van der Waals surface area contributed by atoms with Crippen LogP contribution in [0.25, 0.3) is 10.9 Å². The second-order valence-electron chi connectivity index (χ2n) is 6.03. The molecule has 1 aromatic carbocycles. The maximum atomic E-state index is 11.1. The van der Waals surface area contributed by atoms with Gasteiger partial charge in [0.25, 0.3) is 0 Å². The second kappa shape index (κ2) is 6.25. The zero-order chi connectivity index (χ0) is 16.4. The smallest absolute Gasteiger partial charge is 0.123 e. The van der Waals surface area contributed by atoms with Gasteiger partial charge < -0.3 is 14.4 Å². The van der Waals surface area contributed by atoms with Gasteiger partial charge in [-0.05, 0) is 24.5 Å². The molecule has 0 N–H and O–H groups in total. The third-order valence-electron chi connectivity index (χ3n) is 4.63. The number of benzene rings is 1. The first-order chi connectivity index (χ1) is 11.2. The Morgan fingerprint density at radius 1 is 1.48 bits per heavy atom. The fraction of sp³-hybridized carbons (Fsp3) is 0.389. The van der Waals surface area contributed by atoms with Crippen molar-refractivity contribution >= 4 is 22.9 Å². The summed E-state index contributed by atoms with van der Waals surface area (Å²) >= 11 is 0. The van der Waals surface area contributed by atoms with Crippen LogP contribution in [0.3, 0.4) is 0 Å². The summed E-state index contributed by atoms with van der Waals surface area (Å²) in [5.74, 6) is 1.12. The summed E-state index contributed by atoms with van der Waals surface area (Å²) in [4.78, 5) is 17.7. The molecule has 1 aromatic heterocycles. The maximum absolute atomic E-state index is 11.1. The summed E-state index contributed by atoms with van der Waals surface area (Å²) in [7, 11) is 1.62. The molecule has 0 radical (unpaired) electrons. The molecule has 5 heteroatoms. The van der Waals surface area contributed by atoms with Crippen LogP contribution >= 0.6 is 0 Å². The number of pyridine rings is 1. The van der Waals surface area contributed by atoms with Crippen molar-refractivity contribution in [1.82, 2.24) is 4.98 Å². The molecule has 118 valence electrons. The molecule has 2 aromatic rings. The van der Waals surface area contributed by atoms with Crippen molar-refractivity contribution in [2.24, 2.45) is 11.8 Å². The fourth-order valence-corrected chi connectivity index (χ4v) is 3.28. The summed E-state index contributed by atoms with van der Waals surface area (Å²) in [6.45, 7) is 3.63. The van der Waals surface area contributed by atoms with E-state index in [-0.39, 0.29) is 11.8 Å². The number of nitriles is 1. The molecule has 5 nitrogen and oxygen atoms in total. The molecule has 2 heterocycles. The van der Waals surface area contributed by atoms with Crippen LogP contribution in [0, 0.1) is 23.2 Å². The van der Waals surface area contributed by atoms with E-state index in [9.17, 15) is 10.1 Å².